The number of unbranched alkanes of at least 4 members (excludes halogenated alkanes) is 1. The van der Waals surface area contributed by atoms with E-state index < -0.39 is 17.7 Å². The van der Waals surface area contributed by atoms with Crippen LogP contribution in [-0.4, -0.2) is 33.6 Å². The number of aromatic nitrogens is 2. The van der Waals surface area contributed by atoms with Gasteiger partial charge >= 0.3 is 5.91 Å². The molecule has 0 spiro atoms. The number of nitrogens with zero attached hydrogens (tertiary/aromatic N) is 3. The highest BCUT2D eigenvalue weighted by Crippen LogP contribution is 2.44. The summed E-state index contributed by atoms with van der Waals surface area (Å²) in [6.45, 7) is 2.70. The fraction of sp³-hybridized carbons (Fsp3) is 0.200. The summed E-state index contributed by atoms with van der Waals surface area (Å²) in [4.78, 5) is 28.1. The van der Waals surface area contributed by atoms with Gasteiger partial charge in [-0.2, -0.15) is 0 Å². The molecule has 0 bridgehead atoms. The van der Waals surface area contributed by atoms with Crippen LogP contribution in [0.25, 0.3) is 5.76 Å². The third-order valence-electron chi connectivity index (χ3n) is 6.26. The fourth-order valence-electron chi connectivity index (χ4n) is 4.26. The highest BCUT2D eigenvalue weighted by Gasteiger charge is 2.48. The predicted molar refractivity (Wildman–Crippen MR) is 154 cm³/mol. The Morgan fingerprint density at radius 3 is 2.36 bits per heavy atom. The maximum Gasteiger partial charge on any atom is 0.301 e. The summed E-state index contributed by atoms with van der Waals surface area (Å²) in [6.07, 6.45) is 1.97. The highest BCUT2D eigenvalue weighted by molar-refractivity contribution is 8.00. The molecule has 3 aromatic carbocycles. The summed E-state index contributed by atoms with van der Waals surface area (Å²) in [5.74, 6) is -0.379. The summed E-state index contributed by atoms with van der Waals surface area (Å²) in [5.41, 5.74) is 2.27. The van der Waals surface area contributed by atoms with Crippen molar-refractivity contribution in [1.82, 2.24) is 10.2 Å². The molecule has 0 unspecified atom stereocenters. The first-order chi connectivity index (χ1) is 19.1. The number of amides is 1. The van der Waals surface area contributed by atoms with Crippen LogP contribution < -0.4 is 9.64 Å². The van der Waals surface area contributed by atoms with Crippen LogP contribution >= 0.6 is 23.1 Å². The van der Waals surface area contributed by atoms with Crippen molar-refractivity contribution in [3.8, 4) is 5.75 Å². The normalized spacial score (nSPS) is 16.5. The Labute approximate surface area is 235 Å². The van der Waals surface area contributed by atoms with E-state index in [1.54, 1.807) is 24.3 Å². The van der Waals surface area contributed by atoms with Gasteiger partial charge in [0.05, 0.1) is 18.2 Å². The van der Waals surface area contributed by atoms with E-state index in [-0.39, 0.29) is 11.3 Å². The molecule has 1 aromatic heterocycles. The molecular formula is C30H27N3O4S2. The largest absolute Gasteiger partial charge is 0.507 e. The number of hydrogen-bond donors (Lipinski definition) is 1. The lowest BCUT2D eigenvalue weighted by Gasteiger charge is -2.22. The minimum Gasteiger partial charge on any atom is -0.507 e. The van der Waals surface area contributed by atoms with E-state index in [2.05, 4.69) is 17.1 Å². The van der Waals surface area contributed by atoms with Crippen LogP contribution in [0.3, 0.4) is 0 Å². The summed E-state index contributed by atoms with van der Waals surface area (Å²) < 4.78 is 6.40. The van der Waals surface area contributed by atoms with Gasteiger partial charge in [-0.3, -0.25) is 14.5 Å². The summed E-state index contributed by atoms with van der Waals surface area (Å²) in [7, 11) is 0. The monoisotopic (exact) mass is 557 g/mol. The molecule has 1 atom stereocenters. The van der Waals surface area contributed by atoms with Gasteiger partial charge in [0, 0.05) is 11.3 Å². The molecular weight excluding hydrogens is 530 g/mol. The first-order valence-electron chi connectivity index (χ1n) is 12.7. The molecule has 1 aliphatic rings. The Morgan fingerprint density at radius 2 is 1.67 bits per heavy atom. The van der Waals surface area contributed by atoms with Gasteiger partial charge in [0.2, 0.25) is 5.13 Å². The van der Waals surface area contributed by atoms with E-state index in [1.165, 1.54) is 28.0 Å². The zero-order valence-electron chi connectivity index (χ0n) is 21.3. The third-order valence-corrected chi connectivity index (χ3v) is 8.39. The lowest BCUT2D eigenvalue weighted by atomic mass is 9.95. The van der Waals surface area contributed by atoms with Gasteiger partial charge in [0.1, 0.15) is 11.5 Å². The third kappa shape index (κ3) is 5.89. The Bertz CT molecular complexity index is 1470. The van der Waals surface area contributed by atoms with E-state index in [9.17, 15) is 14.7 Å². The van der Waals surface area contributed by atoms with Gasteiger partial charge < -0.3 is 9.84 Å². The Morgan fingerprint density at radius 1 is 0.974 bits per heavy atom. The number of carbonyl (C=O) groups excluding carboxylic acids is 2. The summed E-state index contributed by atoms with van der Waals surface area (Å²) in [6, 6.07) is 25.2. The van der Waals surface area contributed by atoms with Gasteiger partial charge in [-0.05, 0) is 41.8 Å². The van der Waals surface area contributed by atoms with E-state index in [0.29, 0.717) is 38.7 Å². The molecule has 198 valence electrons. The lowest BCUT2D eigenvalue weighted by molar-refractivity contribution is -0.132. The SMILES string of the molecule is CCCCOc1ccc(C(O)=C2C(=O)C(=O)N(c3nnc(SCc4ccccc4)s3)[C@H]2c2ccccc2)cc1. The standard InChI is InChI=1S/C30H27N3O4S2/c1-2-3-18-37-23-16-14-22(15-17-23)26(34)24-25(21-12-8-5-9-13-21)33(28(36)27(24)35)29-31-32-30(39-29)38-19-20-10-6-4-7-11-20/h4-17,25,34H,2-3,18-19H2,1H3/t25-/m0/s1. The van der Waals surface area contributed by atoms with E-state index >= 15 is 0 Å². The molecule has 1 fully saturated rings. The molecule has 39 heavy (non-hydrogen) atoms. The van der Waals surface area contributed by atoms with Gasteiger partial charge in [0.15, 0.2) is 4.34 Å². The average Bonchev–Trinajstić information content (AvgIpc) is 3.55. The first-order valence-corrected chi connectivity index (χ1v) is 14.5. The first kappa shape index (κ1) is 26.6. The Kier molecular flexibility index (Phi) is 8.39. The summed E-state index contributed by atoms with van der Waals surface area (Å²) in [5, 5.41) is 20.2. The number of carbonyl (C=O) groups is 2. The van der Waals surface area contributed by atoms with Crippen molar-refractivity contribution in [3.05, 3.63) is 107 Å². The van der Waals surface area contributed by atoms with Crippen molar-refractivity contribution in [3.63, 3.8) is 0 Å². The van der Waals surface area contributed by atoms with Crippen molar-refractivity contribution in [2.45, 2.75) is 35.9 Å². The van der Waals surface area contributed by atoms with E-state index in [4.69, 9.17) is 4.74 Å². The fourth-order valence-corrected chi connectivity index (χ4v) is 6.08. The second kappa shape index (κ2) is 12.3. The van der Waals surface area contributed by atoms with E-state index in [0.717, 1.165) is 18.4 Å². The molecule has 0 radical (unpaired) electrons. The van der Waals surface area contributed by atoms with Crippen LogP contribution in [-0.2, 0) is 15.3 Å². The van der Waals surface area contributed by atoms with Crippen molar-refractivity contribution in [1.29, 1.82) is 0 Å². The van der Waals surface area contributed by atoms with E-state index in [1.807, 2.05) is 60.7 Å². The van der Waals surface area contributed by atoms with Crippen molar-refractivity contribution in [2.24, 2.45) is 0 Å². The second-order valence-electron chi connectivity index (χ2n) is 8.93. The van der Waals surface area contributed by atoms with Crippen LogP contribution in [0.15, 0.2) is 94.8 Å². The number of anilines is 1. The number of rotatable bonds is 10. The molecule has 1 amide bonds. The predicted octanol–water partition coefficient (Wildman–Crippen LogP) is 6.64. The lowest BCUT2D eigenvalue weighted by Crippen LogP contribution is -2.29. The molecule has 1 aliphatic heterocycles. The number of aliphatic hydroxyl groups is 1. The number of ether oxygens (including phenoxy) is 1. The van der Waals surface area contributed by atoms with Crippen LogP contribution in [0.1, 0.15) is 42.5 Å². The van der Waals surface area contributed by atoms with Gasteiger partial charge in [-0.15, -0.1) is 10.2 Å². The molecule has 5 rings (SSSR count). The molecule has 4 aromatic rings. The molecule has 9 heteroatoms. The van der Waals surface area contributed by atoms with Gasteiger partial charge in [-0.25, -0.2) is 0 Å². The summed E-state index contributed by atoms with van der Waals surface area (Å²) >= 11 is 2.76. The highest BCUT2D eigenvalue weighted by atomic mass is 32.2. The zero-order valence-corrected chi connectivity index (χ0v) is 23.0. The zero-order chi connectivity index (χ0) is 27.2. The number of hydrogen-bond acceptors (Lipinski definition) is 8. The van der Waals surface area contributed by atoms with Crippen molar-refractivity contribution < 1.29 is 19.4 Å². The molecule has 1 saturated heterocycles. The average molecular weight is 558 g/mol. The Hall–Kier alpha value is -3.95. The maximum atomic E-state index is 13.4. The van der Waals surface area contributed by atoms with Crippen LogP contribution in [0.2, 0.25) is 0 Å². The van der Waals surface area contributed by atoms with Gasteiger partial charge in [-0.1, -0.05) is 97.1 Å². The quantitative estimate of drug-likeness (QED) is 0.0584. The number of ketones is 1. The molecule has 0 saturated carbocycles. The van der Waals surface area contributed by atoms with Crippen molar-refractivity contribution in [2.75, 3.05) is 11.5 Å². The molecule has 7 nitrogen and oxygen atoms in total. The number of aliphatic hydroxyl groups excluding tert-OH is 1. The molecule has 2 heterocycles. The van der Waals surface area contributed by atoms with Gasteiger partial charge in [0.25, 0.3) is 5.78 Å². The van der Waals surface area contributed by atoms with Crippen LogP contribution in [0, 0.1) is 0 Å². The number of Topliss-reactive ketones (excluding diaryl/α,β-unsaturated/α-hetero) is 1. The maximum absolute atomic E-state index is 13.4. The minimum absolute atomic E-state index is 0.0135. The Balaban J connectivity index is 1.47. The minimum atomic E-state index is -0.841. The topological polar surface area (TPSA) is 92.6 Å². The number of benzene rings is 3. The molecule has 0 aliphatic carbocycles. The van der Waals surface area contributed by atoms with Crippen LogP contribution in [0.5, 0.6) is 5.75 Å². The molecule has 1 N–H and O–H groups in total. The number of thioether (sulfide) groups is 1. The smallest absolute Gasteiger partial charge is 0.301 e. The second-order valence-corrected chi connectivity index (χ2v) is 11.1. The van der Waals surface area contributed by atoms with Crippen LogP contribution in [0.4, 0.5) is 5.13 Å². The van der Waals surface area contributed by atoms with Crippen molar-refractivity contribution >= 4 is 45.7 Å².